The van der Waals surface area contributed by atoms with E-state index in [4.69, 9.17) is 46.4 Å². The maximum absolute atomic E-state index is 13.1. The molecule has 2 rings (SSSR count). The Morgan fingerprint density at radius 2 is 1.50 bits per heavy atom. The fourth-order valence-corrected chi connectivity index (χ4v) is 4.78. The average molecular weight is 536 g/mol. The summed E-state index contributed by atoms with van der Waals surface area (Å²) >= 11 is 25.9. The van der Waals surface area contributed by atoms with Crippen molar-refractivity contribution in [3.8, 4) is 0 Å². The van der Waals surface area contributed by atoms with Crippen molar-refractivity contribution in [3.63, 3.8) is 0 Å². The summed E-state index contributed by atoms with van der Waals surface area (Å²) in [6.45, 7) is 6.49. The lowest BCUT2D eigenvalue weighted by Gasteiger charge is -2.29. The molecule has 0 spiro atoms. The standard InChI is InChI=1S/C23H26Cl4N2O2S/c1-14(2)10-28-23(31)15(3)29(11-16-4-6-18(24)8-20(16)26)22(30)13-32-12-17-5-7-19(25)9-21(17)27/h4-9,14-15H,10-13H2,1-3H3,(H,28,31)/t15-/m0/s1. The molecule has 2 amide bonds. The van der Waals surface area contributed by atoms with E-state index in [1.165, 1.54) is 11.8 Å². The third kappa shape index (κ3) is 8.35. The topological polar surface area (TPSA) is 49.4 Å². The van der Waals surface area contributed by atoms with E-state index in [-0.39, 0.29) is 24.1 Å². The zero-order valence-corrected chi connectivity index (χ0v) is 22.0. The van der Waals surface area contributed by atoms with Crippen LogP contribution in [0.25, 0.3) is 0 Å². The molecule has 4 nitrogen and oxygen atoms in total. The number of carbonyl (C=O) groups excluding carboxylic acids is 2. The number of hydrogen-bond donors (Lipinski definition) is 1. The molecule has 2 aromatic rings. The molecule has 174 valence electrons. The molecule has 9 heteroatoms. The maximum atomic E-state index is 13.1. The SMILES string of the molecule is CC(C)CNC(=O)[C@H](C)N(Cc1ccc(Cl)cc1Cl)C(=O)CSCc1ccc(Cl)cc1Cl. The quantitative estimate of drug-likeness (QED) is 0.367. The molecule has 2 aromatic carbocycles. The molecule has 0 fully saturated rings. The van der Waals surface area contributed by atoms with Crippen LogP contribution in [0.3, 0.4) is 0 Å². The maximum Gasteiger partial charge on any atom is 0.242 e. The van der Waals surface area contributed by atoms with Crippen molar-refractivity contribution >= 4 is 70.0 Å². The molecule has 0 heterocycles. The minimum absolute atomic E-state index is 0.168. The summed E-state index contributed by atoms with van der Waals surface area (Å²) in [6, 6.07) is 9.74. The Balaban J connectivity index is 2.12. The van der Waals surface area contributed by atoms with E-state index < -0.39 is 6.04 Å². The molecule has 0 aromatic heterocycles. The third-order valence-corrected chi connectivity index (χ3v) is 6.85. The number of amides is 2. The van der Waals surface area contributed by atoms with Crippen LogP contribution >= 0.6 is 58.2 Å². The van der Waals surface area contributed by atoms with E-state index in [1.807, 2.05) is 19.9 Å². The first-order valence-electron chi connectivity index (χ1n) is 10.1. The van der Waals surface area contributed by atoms with Gasteiger partial charge in [-0.2, -0.15) is 0 Å². The molecule has 0 unspecified atom stereocenters. The first-order chi connectivity index (χ1) is 15.1. The van der Waals surface area contributed by atoms with Crippen LogP contribution < -0.4 is 5.32 Å². The largest absolute Gasteiger partial charge is 0.354 e. The Labute approximate surface area is 213 Å². The van der Waals surface area contributed by atoms with E-state index in [2.05, 4.69) is 5.32 Å². The molecule has 0 radical (unpaired) electrons. The van der Waals surface area contributed by atoms with Crippen molar-refractivity contribution in [3.05, 3.63) is 67.6 Å². The van der Waals surface area contributed by atoms with Gasteiger partial charge in [-0.25, -0.2) is 0 Å². The molecule has 0 aliphatic rings. The Bertz CT molecular complexity index is 956. The number of thioether (sulfide) groups is 1. The number of rotatable bonds is 10. The van der Waals surface area contributed by atoms with Crippen LogP contribution in [0.15, 0.2) is 36.4 Å². The minimum atomic E-state index is -0.660. The van der Waals surface area contributed by atoms with Crippen LogP contribution in [0.4, 0.5) is 0 Å². The molecular formula is C23H26Cl4N2O2S. The molecule has 1 atom stereocenters. The fourth-order valence-electron chi connectivity index (χ4n) is 2.84. The molecule has 0 saturated carbocycles. The average Bonchev–Trinajstić information content (AvgIpc) is 2.72. The van der Waals surface area contributed by atoms with E-state index in [0.29, 0.717) is 38.3 Å². The molecule has 32 heavy (non-hydrogen) atoms. The summed E-state index contributed by atoms with van der Waals surface area (Å²) in [5.41, 5.74) is 1.61. The second-order valence-electron chi connectivity index (χ2n) is 7.80. The van der Waals surface area contributed by atoms with Crippen LogP contribution in [0, 0.1) is 5.92 Å². The van der Waals surface area contributed by atoms with Gasteiger partial charge in [-0.05, 0) is 48.2 Å². The number of benzene rings is 2. The van der Waals surface area contributed by atoms with Gasteiger partial charge < -0.3 is 10.2 Å². The van der Waals surface area contributed by atoms with Gasteiger partial charge in [0.1, 0.15) is 6.04 Å². The normalized spacial score (nSPS) is 12.0. The number of carbonyl (C=O) groups is 2. The van der Waals surface area contributed by atoms with Crippen LogP contribution in [0.5, 0.6) is 0 Å². The van der Waals surface area contributed by atoms with Gasteiger partial charge in [-0.3, -0.25) is 9.59 Å². The van der Waals surface area contributed by atoms with E-state index in [1.54, 1.807) is 42.2 Å². The smallest absolute Gasteiger partial charge is 0.242 e. The summed E-state index contributed by atoms with van der Waals surface area (Å²) < 4.78 is 0. The van der Waals surface area contributed by atoms with Crippen molar-refractivity contribution in [2.24, 2.45) is 5.92 Å². The number of nitrogens with one attached hydrogen (secondary N) is 1. The van der Waals surface area contributed by atoms with Gasteiger partial charge in [-0.1, -0.05) is 72.4 Å². The van der Waals surface area contributed by atoms with Gasteiger partial charge in [0.05, 0.1) is 5.75 Å². The first-order valence-corrected chi connectivity index (χ1v) is 12.8. The second kappa shape index (κ2) is 13.0. The number of hydrogen-bond acceptors (Lipinski definition) is 3. The van der Waals surface area contributed by atoms with Crippen molar-refractivity contribution in [1.82, 2.24) is 10.2 Å². The summed E-state index contributed by atoms with van der Waals surface area (Å²) in [7, 11) is 0. The van der Waals surface area contributed by atoms with Gasteiger partial charge in [-0.15, -0.1) is 11.8 Å². The predicted molar refractivity (Wildman–Crippen MR) is 137 cm³/mol. The highest BCUT2D eigenvalue weighted by atomic mass is 35.5. The Morgan fingerprint density at radius 1 is 0.938 bits per heavy atom. The van der Waals surface area contributed by atoms with E-state index in [9.17, 15) is 9.59 Å². The Hall–Kier alpha value is -1.11. The predicted octanol–water partition coefficient (Wildman–Crippen LogP) is 6.72. The zero-order chi connectivity index (χ0) is 23.8. The Kier molecular flexibility index (Phi) is 11.0. The summed E-state index contributed by atoms with van der Waals surface area (Å²) in [5, 5.41) is 4.98. The van der Waals surface area contributed by atoms with Crippen LogP contribution in [0.1, 0.15) is 31.9 Å². The summed E-state index contributed by atoms with van der Waals surface area (Å²) in [6.07, 6.45) is 0. The van der Waals surface area contributed by atoms with Crippen molar-refractivity contribution < 1.29 is 9.59 Å². The molecule has 0 aliphatic heterocycles. The second-order valence-corrected chi connectivity index (χ2v) is 10.5. The van der Waals surface area contributed by atoms with Gasteiger partial charge in [0, 0.05) is 38.9 Å². The van der Waals surface area contributed by atoms with Crippen molar-refractivity contribution in [1.29, 1.82) is 0 Å². The first kappa shape index (κ1) is 27.1. The molecule has 0 bridgehead atoms. The highest BCUT2D eigenvalue weighted by molar-refractivity contribution is 7.99. The summed E-state index contributed by atoms with van der Waals surface area (Å²) in [4.78, 5) is 27.4. The number of nitrogens with zero attached hydrogens (tertiary/aromatic N) is 1. The van der Waals surface area contributed by atoms with Gasteiger partial charge >= 0.3 is 0 Å². The minimum Gasteiger partial charge on any atom is -0.354 e. The van der Waals surface area contributed by atoms with E-state index in [0.717, 1.165) is 11.1 Å². The number of halogens is 4. The van der Waals surface area contributed by atoms with Crippen molar-refractivity contribution in [2.45, 2.75) is 39.1 Å². The molecule has 0 aliphatic carbocycles. The lowest BCUT2D eigenvalue weighted by Crippen LogP contribution is -2.48. The third-order valence-electron chi connectivity index (χ3n) is 4.71. The van der Waals surface area contributed by atoms with Gasteiger partial charge in [0.25, 0.3) is 0 Å². The monoisotopic (exact) mass is 534 g/mol. The van der Waals surface area contributed by atoms with Crippen LogP contribution in [0.2, 0.25) is 20.1 Å². The fraction of sp³-hybridized carbons (Fsp3) is 0.391. The summed E-state index contributed by atoms with van der Waals surface area (Å²) in [5.74, 6) is 0.666. The molecule has 1 N–H and O–H groups in total. The molecular weight excluding hydrogens is 510 g/mol. The van der Waals surface area contributed by atoms with E-state index >= 15 is 0 Å². The van der Waals surface area contributed by atoms with Gasteiger partial charge in [0.2, 0.25) is 11.8 Å². The molecule has 0 saturated heterocycles. The highest BCUT2D eigenvalue weighted by Gasteiger charge is 2.26. The highest BCUT2D eigenvalue weighted by Crippen LogP contribution is 2.26. The lowest BCUT2D eigenvalue weighted by atomic mass is 10.1. The van der Waals surface area contributed by atoms with Crippen LogP contribution in [-0.2, 0) is 21.9 Å². The van der Waals surface area contributed by atoms with Crippen LogP contribution in [-0.4, -0.2) is 35.1 Å². The lowest BCUT2D eigenvalue weighted by molar-refractivity contribution is -0.138. The van der Waals surface area contributed by atoms with Gasteiger partial charge in [0.15, 0.2) is 0 Å². The zero-order valence-electron chi connectivity index (χ0n) is 18.1. The Morgan fingerprint density at radius 3 is 2.03 bits per heavy atom. The van der Waals surface area contributed by atoms with Crippen molar-refractivity contribution in [2.75, 3.05) is 12.3 Å².